The Morgan fingerprint density at radius 2 is 0.490 bits per heavy atom. The van der Waals surface area contributed by atoms with Crippen LogP contribution in [0.4, 0.5) is 70.2 Å². The van der Waals surface area contributed by atoms with E-state index >= 15 is 35.1 Å². The number of rotatable bonds is 29. The van der Waals surface area contributed by atoms with E-state index in [9.17, 15) is 35.1 Å². The Balaban J connectivity index is 0.000000154. The summed E-state index contributed by atoms with van der Waals surface area (Å²) < 4.78 is 261. The monoisotopic (exact) mass is 2060 g/mol. The number of H-pyrrole nitrogens is 4. The average molecular weight is 2060 g/mol. The summed E-state index contributed by atoms with van der Waals surface area (Å²) in [5.41, 5.74) is 8.27. The number of piperidine rings is 1. The molecule has 0 amide bonds. The highest BCUT2D eigenvalue weighted by atomic mass is 19.3. The van der Waals surface area contributed by atoms with Gasteiger partial charge >= 0.3 is 0 Å². The molecule has 0 unspecified atom stereocenters. The molecule has 0 spiro atoms. The standard InChI is InChI=1S/C29H35F4N3O.2C28H33F4N3O.C27H31F4N3O.3CH4/c1-19-15-22-21-9-5-6-10-25(21)34-27(22)28(36(19)18-29(2,32)33)26-23(30)16-20(17-24(26)31)37-14-13-35-11-7-3-4-8-12-35;1-18-14-21-20-8-4-5-9-24(20)33-26(21)27(35(18)17-28(2,31)32)25-22(29)15-19(16-23(25)30)36-13-12-34-10-6-3-7-11-34;1-4-18-14-34(15-18)9-10-36-19-12-22(29)25(23(30)13-19)27-26-21(20-7-5-6-8-24(20)33-26)11-17(2)35(27)16-28(3,31)32;1-17-13-20-19-7-3-4-8-23(19)32-25(20)26(34(17)16-27(2,30)31)24-21(28)14-18(15-22(24)29)35-12-11-33-9-5-6-10-33;;;/h5-6,9-10,16-17,19,28,34H,3-4,7-8,11-15,18H2,1-2H3;4-5,8-9,15-16,18,27,33H,3,6-7,10-14,17H2,1-2H3;5-8,12-13,17-18,27,33H,4,9-11,14-16H2,1-3H3;3-4,7-8,14-15,17,26,32H,5-6,9-13,16H2,1-2H3;3*1H4/t19-,28-;18-,27-;17-,27-;17-,26-;;;/m1111.../s1. The van der Waals surface area contributed by atoms with Gasteiger partial charge in [-0.1, -0.05) is 128 Å². The van der Waals surface area contributed by atoms with Gasteiger partial charge in [0.15, 0.2) is 0 Å². The SMILES string of the molecule is C.C.C.CCC1CN(CCOc2cc(F)c([C@@H]3c4[nH]c5ccccc5c4C[C@@H](C)N3CC(C)(F)F)c(F)c2)C1.C[C@@H]1Cc2c([nH]c3ccccc23)[C@@H](c2c(F)cc(OCCN3CCCC3)cc2F)N1CC(C)(F)F.C[C@@H]1Cc2c([nH]c3ccccc23)[C@@H](c2c(F)cc(OCCN3CCCCC3)cc2F)N1CC(C)(F)F.C[C@@H]1Cc2c([nH]c3ccccc23)[C@@H](c2c(F)cc(OCCN3CCCCCC3)cc2F)N1CC(C)(F)F. The minimum absolute atomic E-state index is 0. The Kier molecular flexibility index (Phi) is 36.6. The predicted molar refractivity (Wildman–Crippen MR) is 551 cm³/mol. The van der Waals surface area contributed by atoms with Crippen LogP contribution in [0.15, 0.2) is 146 Å². The van der Waals surface area contributed by atoms with Crippen molar-refractivity contribution in [1.29, 1.82) is 0 Å². The minimum Gasteiger partial charge on any atom is -0.492 e. The van der Waals surface area contributed by atoms with Crippen LogP contribution in [-0.4, -0.2) is 238 Å². The molecule has 800 valence electrons. The second-order valence-corrected chi connectivity index (χ2v) is 41.4. The molecule has 12 heterocycles. The van der Waals surface area contributed by atoms with E-state index in [-0.39, 0.29) is 91.7 Å². The first-order chi connectivity index (χ1) is 68.8. The summed E-state index contributed by atoms with van der Waals surface area (Å²) in [5, 5.41) is 3.80. The Morgan fingerprint density at radius 1 is 0.293 bits per heavy atom. The van der Waals surface area contributed by atoms with Crippen LogP contribution in [0.25, 0.3) is 43.6 Å². The van der Waals surface area contributed by atoms with Crippen LogP contribution in [0.5, 0.6) is 23.0 Å². The maximum absolute atomic E-state index is 15.7. The van der Waals surface area contributed by atoms with Gasteiger partial charge in [-0.15, -0.1) is 0 Å². The summed E-state index contributed by atoms with van der Waals surface area (Å²) in [6.45, 7) is 22.6. The molecule has 4 saturated heterocycles. The molecule has 8 aromatic carbocycles. The quantitative estimate of drug-likeness (QED) is 0.0334. The zero-order valence-electron chi connectivity index (χ0n) is 83.4. The van der Waals surface area contributed by atoms with Crippen molar-refractivity contribution in [3.63, 3.8) is 0 Å². The number of aromatic amines is 4. The molecule has 16 nitrogen and oxygen atoms in total. The minimum atomic E-state index is -3.03. The van der Waals surface area contributed by atoms with Crippen LogP contribution in [0, 0.1) is 52.5 Å². The first-order valence-corrected chi connectivity index (χ1v) is 51.1. The van der Waals surface area contributed by atoms with E-state index in [4.69, 9.17) is 18.9 Å². The lowest BCUT2D eigenvalue weighted by molar-refractivity contribution is -0.0378. The molecule has 20 rings (SSSR count). The summed E-state index contributed by atoms with van der Waals surface area (Å²) in [6.07, 6.45) is 13.8. The zero-order chi connectivity index (χ0) is 102. The number of benzene rings is 8. The summed E-state index contributed by atoms with van der Waals surface area (Å²) in [7, 11) is 0. The van der Waals surface area contributed by atoms with Gasteiger partial charge in [-0.3, -0.25) is 39.2 Å². The number of likely N-dealkylation sites (tertiary alicyclic amines) is 4. The van der Waals surface area contributed by atoms with Gasteiger partial charge in [0.2, 0.25) is 0 Å². The number of aromatic nitrogens is 4. The van der Waals surface area contributed by atoms with E-state index in [1.54, 1.807) is 0 Å². The van der Waals surface area contributed by atoms with Crippen LogP contribution < -0.4 is 18.9 Å². The first-order valence-electron chi connectivity index (χ1n) is 51.1. The van der Waals surface area contributed by atoms with Gasteiger partial charge < -0.3 is 38.9 Å². The third kappa shape index (κ3) is 26.3. The van der Waals surface area contributed by atoms with Crippen molar-refractivity contribution < 1.29 is 89.2 Å². The number of hydrogen-bond acceptors (Lipinski definition) is 12. The van der Waals surface area contributed by atoms with Crippen LogP contribution >= 0.6 is 0 Å². The molecule has 147 heavy (non-hydrogen) atoms. The third-order valence-electron chi connectivity index (χ3n) is 29.9. The molecule has 8 aliphatic heterocycles. The average Bonchev–Trinajstić information content (AvgIpc) is 1.65. The van der Waals surface area contributed by atoms with Crippen molar-refractivity contribution in [2.45, 2.75) is 247 Å². The van der Waals surface area contributed by atoms with Crippen LogP contribution in [0.2, 0.25) is 0 Å². The van der Waals surface area contributed by atoms with E-state index in [2.05, 4.69) is 46.5 Å². The highest BCUT2D eigenvalue weighted by Gasteiger charge is 2.48. The van der Waals surface area contributed by atoms with Crippen molar-refractivity contribution in [2.75, 3.05) is 131 Å². The lowest BCUT2D eigenvalue weighted by atomic mass is 9.87. The molecule has 4 N–H and O–H groups in total. The number of alkyl halides is 8. The van der Waals surface area contributed by atoms with Crippen molar-refractivity contribution >= 4 is 43.6 Å². The zero-order valence-corrected chi connectivity index (χ0v) is 83.4. The molecular formula is C115H144F16N12O4. The molecule has 0 aliphatic carbocycles. The van der Waals surface area contributed by atoms with E-state index < -0.39 is 121 Å². The Morgan fingerprint density at radius 3 is 0.701 bits per heavy atom. The van der Waals surface area contributed by atoms with Crippen molar-refractivity contribution in [2.24, 2.45) is 5.92 Å². The predicted octanol–water partition coefficient (Wildman–Crippen LogP) is 27.0. The molecule has 4 aromatic heterocycles. The maximum Gasteiger partial charge on any atom is 0.257 e. The van der Waals surface area contributed by atoms with Crippen LogP contribution in [-0.2, 0) is 25.7 Å². The van der Waals surface area contributed by atoms with E-state index in [0.29, 0.717) is 107 Å². The van der Waals surface area contributed by atoms with E-state index in [1.165, 1.54) is 87.4 Å². The number of nitrogens with one attached hydrogen (secondary N) is 4. The number of fused-ring (bicyclic) bond motifs is 12. The van der Waals surface area contributed by atoms with Crippen molar-refractivity contribution in [3.8, 4) is 23.0 Å². The number of halogens is 16. The normalized spacial score (nSPS) is 21.1. The first kappa shape index (κ1) is 112. The number of nitrogens with zero attached hydrogens (tertiary/aromatic N) is 8. The smallest absolute Gasteiger partial charge is 0.257 e. The molecular weight excluding hydrogens is 1920 g/mol. The molecule has 8 atom stereocenters. The summed E-state index contributed by atoms with van der Waals surface area (Å²) in [4.78, 5) is 28.3. The van der Waals surface area contributed by atoms with Crippen molar-refractivity contribution in [1.82, 2.24) is 59.1 Å². The lowest BCUT2D eigenvalue weighted by Gasteiger charge is -2.42. The molecule has 8 aliphatic rings. The highest BCUT2D eigenvalue weighted by Crippen LogP contribution is 2.51. The number of ether oxygens (including phenoxy) is 4. The van der Waals surface area contributed by atoms with Crippen molar-refractivity contribution in [3.05, 3.63) is 259 Å². The third-order valence-corrected chi connectivity index (χ3v) is 29.9. The second kappa shape index (κ2) is 47.9. The summed E-state index contributed by atoms with van der Waals surface area (Å²) in [5.74, 6) is -17.3. The molecule has 0 saturated carbocycles. The summed E-state index contributed by atoms with van der Waals surface area (Å²) >= 11 is 0. The van der Waals surface area contributed by atoms with Gasteiger partial charge in [0, 0.05) is 228 Å². The Bertz CT molecular complexity index is 6300. The molecule has 0 bridgehead atoms. The second-order valence-electron chi connectivity index (χ2n) is 41.4. The lowest BCUT2D eigenvalue weighted by Crippen LogP contribution is -2.48. The molecule has 4 fully saturated rings. The highest BCUT2D eigenvalue weighted by molar-refractivity contribution is 5.88. The van der Waals surface area contributed by atoms with Gasteiger partial charge in [0.25, 0.3) is 23.7 Å². The fourth-order valence-electron chi connectivity index (χ4n) is 23.0. The topological polar surface area (TPSA) is 126 Å². The largest absolute Gasteiger partial charge is 0.492 e. The van der Waals surface area contributed by atoms with E-state index in [0.717, 1.165) is 191 Å². The van der Waals surface area contributed by atoms with Gasteiger partial charge in [-0.2, -0.15) is 0 Å². The van der Waals surface area contributed by atoms with E-state index in [1.807, 2.05) is 125 Å². The molecule has 32 heteroatoms. The summed E-state index contributed by atoms with van der Waals surface area (Å²) in [6, 6.07) is 34.5. The molecule has 12 aromatic rings. The fraction of sp³-hybridized carbons (Fsp3) is 0.513. The van der Waals surface area contributed by atoms with Gasteiger partial charge in [0.05, 0.1) is 50.3 Å². The maximum atomic E-state index is 15.7. The van der Waals surface area contributed by atoms with Gasteiger partial charge in [-0.25, -0.2) is 70.2 Å². The molecule has 0 radical (unpaired) electrons. The number of hydrogen-bond donors (Lipinski definition) is 4. The van der Waals surface area contributed by atoms with Crippen LogP contribution in [0.1, 0.15) is 240 Å². The number of para-hydroxylation sites is 4. The van der Waals surface area contributed by atoms with Crippen LogP contribution in [0.3, 0.4) is 0 Å². The Labute approximate surface area is 853 Å². The van der Waals surface area contributed by atoms with Gasteiger partial charge in [-0.05, 0) is 184 Å². The van der Waals surface area contributed by atoms with Gasteiger partial charge in [0.1, 0.15) is 96.0 Å². The fourth-order valence-corrected chi connectivity index (χ4v) is 23.0. The Hall–Kier alpha value is -10.3.